The van der Waals surface area contributed by atoms with E-state index in [1.807, 2.05) is 0 Å². The van der Waals surface area contributed by atoms with E-state index in [1.54, 1.807) is 18.2 Å². The van der Waals surface area contributed by atoms with E-state index in [1.165, 1.54) is 12.8 Å². The molecule has 1 aliphatic rings. The van der Waals surface area contributed by atoms with Gasteiger partial charge in [-0.2, -0.15) is 0 Å². The summed E-state index contributed by atoms with van der Waals surface area (Å²) in [6, 6.07) is 5.38. The number of anilines is 1. The molecule has 0 aliphatic carbocycles. The maximum absolute atomic E-state index is 12.2. The van der Waals surface area contributed by atoms with Crippen LogP contribution in [-0.2, 0) is 0 Å². The van der Waals surface area contributed by atoms with Gasteiger partial charge in [-0.3, -0.25) is 9.69 Å². The van der Waals surface area contributed by atoms with Crippen LogP contribution in [-0.4, -0.2) is 36.5 Å². The van der Waals surface area contributed by atoms with Gasteiger partial charge in [0.25, 0.3) is 5.91 Å². The topological polar surface area (TPSA) is 58.4 Å². The molecule has 1 aromatic rings. The standard InChI is InChI=1S/C16H24ClN3O/c1-11(2)15(20-7-3-4-8-20)10-19-16(21)12-5-6-14(18)13(17)9-12/h5-6,9,11,15H,3-4,7-8,10,18H2,1-2H3,(H,19,21). The molecular formula is C16H24ClN3O. The van der Waals surface area contributed by atoms with Gasteiger partial charge in [0.15, 0.2) is 0 Å². The first kappa shape index (κ1) is 16.1. The lowest BCUT2D eigenvalue weighted by Crippen LogP contribution is -2.45. The SMILES string of the molecule is CC(C)C(CNC(=O)c1ccc(N)c(Cl)c1)N1CCCC1. The monoisotopic (exact) mass is 309 g/mol. The molecule has 21 heavy (non-hydrogen) atoms. The minimum Gasteiger partial charge on any atom is -0.398 e. The van der Waals surface area contributed by atoms with Gasteiger partial charge in [-0.1, -0.05) is 25.4 Å². The van der Waals surface area contributed by atoms with Gasteiger partial charge >= 0.3 is 0 Å². The highest BCUT2D eigenvalue weighted by atomic mass is 35.5. The van der Waals surface area contributed by atoms with Crippen molar-refractivity contribution >= 4 is 23.2 Å². The van der Waals surface area contributed by atoms with Crippen LogP contribution in [0.15, 0.2) is 18.2 Å². The van der Waals surface area contributed by atoms with Crippen molar-refractivity contribution in [2.24, 2.45) is 5.92 Å². The third kappa shape index (κ3) is 4.11. The predicted octanol–water partition coefficient (Wildman–Crippen LogP) is 2.77. The largest absolute Gasteiger partial charge is 0.398 e. The van der Waals surface area contributed by atoms with E-state index in [0.29, 0.717) is 34.8 Å². The minimum atomic E-state index is -0.0956. The predicted molar refractivity (Wildman–Crippen MR) is 87.6 cm³/mol. The number of benzene rings is 1. The zero-order valence-corrected chi connectivity index (χ0v) is 13.5. The fourth-order valence-electron chi connectivity index (χ4n) is 2.83. The second-order valence-electron chi connectivity index (χ2n) is 6.00. The molecule has 2 rings (SSSR count). The van der Waals surface area contributed by atoms with Crippen molar-refractivity contribution in [3.05, 3.63) is 28.8 Å². The maximum Gasteiger partial charge on any atom is 0.251 e. The number of likely N-dealkylation sites (tertiary alicyclic amines) is 1. The molecule has 1 aromatic carbocycles. The Morgan fingerprint density at radius 2 is 2.05 bits per heavy atom. The highest BCUT2D eigenvalue weighted by molar-refractivity contribution is 6.33. The molecule has 5 heteroatoms. The lowest BCUT2D eigenvalue weighted by atomic mass is 10.0. The van der Waals surface area contributed by atoms with Crippen molar-refractivity contribution in [3.63, 3.8) is 0 Å². The number of nitrogens with one attached hydrogen (secondary N) is 1. The number of nitrogens with zero attached hydrogens (tertiary/aromatic N) is 1. The lowest BCUT2D eigenvalue weighted by molar-refractivity contribution is 0.0927. The van der Waals surface area contributed by atoms with Crippen LogP contribution >= 0.6 is 11.6 Å². The van der Waals surface area contributed by atoms with Gasteiger partial charge in [0, 0.05) is 18.2 Å². The van der Waals surface area contributed by atoms with Crippen molar-refractivity contribution in [3.8, 4) is 0 Å². The summed E-state index contributed by atoms with van der Waals surface area (Å²) >= 11 is 5.96. The molecule has 1 aliphatic heterocycles. The highest BCUT2D eigenvalue weighted by Gasteiger charge is 2.25. The molecule has 1 unspecified atom stereocenters. The summed E-state index contributed by atoms with van der Waals surface area (Å²) in [6.07, 6.45) is 2.51. The van der Waals surface area contributed by atoms with Gasteiger partial charge < -0.3 is 11.1 Å². The molecule has 0 bridgehead atoms. The molecule has 0 spiro atoms. The van der Waals surface area contributed by atoms with E-state index < -0.39 is 0 Å². The van der Waals surface area contributed by atoms with Gasteiger partial charge in [0.2, 0.25) is 0 Å². The normalized spacial score (nSPS) is 17.1. The van der Waals surface area contributed by atoms with Gasteiger partial charge in [-0.25, -0.2) is 0 Å². The van der Waals surface area contributed by atoms with Crippen molar-refractivity contribution in [2.75, 3.05) is 25.4 Å². The number of halogens is 1. The summed E-state index contributed by atoms with van der Waals surface area (Å²) in [5, 5.41) is 3.44. The molecule has 1 heterocycles. The summed E-state index contributed by atoms with van der Waals surface area (Å²) in [6.45, 7) is 7.34. The second kappa shape index (κ2) is 7.14. The van der Waals surface area contributed by atoms with Gasteiger partial charge in [-0.15, -0.1) is 0 Å². The number of hydrogen-bond acceptors (Lipinski definition) is 3. The van der Waals surface area contributed by atoms with Gasteiger partial charge in [0.05, 0.1) is 10.7 Å². The Morgan fingerprint density at radius 3 is 2.62 bits per heavy atom. The summed E-state index contributed by atoms with van der Waals surface area (Å²) in [5.41, 5.74) is 6.71. The smallest absolute Gasteiger partial charge is 0.251 e. The van der Waals surface area contributed by atoms with Crippen molar-refractivity contribution in [1.82, 2.24) is 10.2 Å². The molecule has 0 radical (unpaired) electrons. The Balaban J connectivity index is 1.96. The van der Waals surface area contributed by atoms with Crippen LogP contribution in [0.1, 0.15) is 37.0 Å². The van der Waals surface area contributed by atoms with Gasteiger partial charge in [0.1, 0.15) is 0 Å². The Bertz CT molecular complexity index is 498. The molecule has 0 aromatic heterocycles. The van der Waals surface area contributed by atoms with Gasteiger partial charge in [-0.05, 0) is 50.0 Å². The molecule has 0 saturated carbocycles. The summed E-state index contributed by atoms with van der Waals surface area (Å²) in [4.78, 5) is 14.7. The van der Waals surface area contributed by atoms with Crippen molar-refractivity contribution in [1.29, 1.82) is 0 Å². The number of rotatable bonds is 5. The van der Waals surface area contributed by atoms with Crippen LogP contribution in [0, 0.1) is 5.92 Å². The quantitative estimate of drug-likeness (QED) is 0.822. The molecule has 1 atom stereocenters. The zero-order valence-electron chi connectivity index (χ0n) is 12.7. The van der Waals surface area contributed by atoms with E-state index in [-0.39, 0.29) is 5.91 Å². The second-order valence-corrected chi connectivity index (χ2v) is 6.41. The van der Waals surface area contributed by atoms with E-state index >= 15 is 0 Å². The average Bonchev–Trinajstić information content (AvgIpc) is 2.95. The van der Waals surface area contributed by atoms with E-state index in [9.17, 15) is 4.79 Å². The molecule has 116 valence electrons. The first-order chi connectivity index (χ1) is 9.99. The molecular weight excluding hydrogens is 286 g/mol. The highest BCUT2D eigenvalue weighted by Crippen LogP contribution is 2.20. The zero-order chi connectivity index (χ0) is 15.4. The summed E-state index contributed by atoms with van der Waals surface area (Å²) < 4.78 is 0. The molecule has 1 saturated heterocycles. The number of nitrogen functional groups attached to an aromatic ring is 1. The number of hydrogen-bond donors (Lipinski definition) is 2. The van der Waals surface area contributed by atoms with Crippen molar-refractivity contribution < 1.29 is 4.79 Å². The number of carbonyl (C=O) groups excluding carboxylic acids is 1. The van der Waals surface area contributed by atoms with Crippen LogP contribution in [0.5, 0.6) is 0 Å². The van der Waals surface area contributed by atoms with Crippen LogP contribution in [0.3, 0.4) is 0 Å². The third-order valence-electron chi connectivity index (χ3n) is 4.11. The minimum absolute atomic E-state index is 0.0956. The first-order valence-electron chi connectivity index (χ1n) is 7.56. The Morgan fingerprint density at radius 1 is 1.38 bits per heavy atom. The Kier molecular flexibility index (Phi) is 5.48. The Hall–Kier alpha value is -1.26. The number of amides is 1. The maximum atomic E-state index is 12.2. The van der Waals surface area contributed by atoms with Crippen LogP contribution in [0.2, 0.25) is 5.02 Å². The molecule has 4 nitrogen and oxygen atoms in total. The molecule has 1 fully saturated rings. The fourth-order valence-corrected chi connectivity index (χ4v) is 3.01. The summed E-state index contributed by atoms with van der Waals surface area (Å²) in [5.74, 6) is 0.417. The first-order valence-corrected chi connectivity index (χ1v) is 7.94. The third-order valence-corrected chi connectivity index (χ3v) is 4.44. The van der Waals surface area contributed by atoms with Crippen molar-refractivity contribution in [2.45, 2.75) is 32.7 Å². The Labute approximate surface area is 131 Å². The van der Waals surface area contributed by atoms with Crippen LogP contribution in [0.4, 0.5) is 5.69 Å². The van der Waals surface area contributed by atoms with Crippen LogP contribution in [0.25, 0.3) is 0 Å². The number of carbonyl (C=O) groups is 1. The molecule has 3 N–H and O–H groups in total. The number of nitrogens with two attached hydrogens (primary N) is 1. The van der Waals surface area contributed by atoms with E-state index in [4.69, 9.17) is 17.3 Å². The lowest BCUT2D eigenvalue weighted by Gasteiger charge is -2.31. The molecule has 1 amide bonds. The fraction of sp³-hybridized carbons (Fsp3) is 0.562. The van der Waals surface area contributed by atoms with E-state index in [0.717, 1.165) is 13.1 Å². The van der Waals surface area contributed by atoms with Crippen LogP contribution < -0.4 is 11.1 Å². The van der Waals surface area contributed by atoms with E-state index in [2.05, 4.69) is 24.1 Å². The summed E-state index contributed by atoms with van der Waals surface area (Å²) in [7, 11) is 0. The average molecular weight is 310 g/mol.